The average molecular weight is 699 g/mol. The molecule has 2 atom stereocenters. The Morgan fingerprint density at radius 3 is 1.44 bits per heavy atom. The third-order valence-corrected chi connectivity index (χ3v) is 7.88. The summed E-state index contributed by atoms with van der Waals surface area (Å²) in [4.78, 5) is 22.4. The Balaban J connectivity index is 0.000000174. The standard InChI is InChI=1S/C18H11F3O5.C18H13F3O3/c19-18(20,21)16-12(17(22)23)6-11-5-9(1-3-13(11)26-16)10-2-4-14-15(7-10)25-8-24-14;1-10-2-4-11(5-3-10)12-6-7-15-13(8-12)9-14(17(22)23)16(24-15)18(19,20)21/h1-7,16H,8H2,(H,22,23);2-9,16H,1H3,(H,22,23). The number of benzene rings is 4. The molecule has 0 saturated heterocycles. The van der Waals surface area contributed by atoms with Crippen molar-refractivity contribution in [2.45, 2.75) is 31.5 Å². The monoisotopic (exact) mass is 698 g/mol. The molecule has 0 aliphatic carbocycles. The van der Waals surface area contributed by atoms with E-state index < -0.39 is 47.6 Å². The van der Waals surface area contributed by atoms with Crippen LogP contribution in [0.5, 0.6) is 23.0 Å². The minimum atomic E-state index is -4.82. The smallest absolute Gasteiger partial charge is 0.430 e. The summed E-state index contributed by atoms with van der Waals surface area (Å²) in [5, 5.41) is 18.2. The van der Waals surface area contributed by atoms with Gasteiger partial charge in [0.15, 0.2) is 11.5 Å². The van der Waals surface area contributed by atoms with E-state index in [0.717, 1.165) is 34.4 Å². The van der Waals surface area contributed by atoms with Gasteiger partial charge in [0, 0.05) is 11.1 Å². The summed E-state index contributed by atoms with van der Waals surface area (Å²) in [5.41, 5.74) is 3.06. The van der Waals surface area contributed by atoms with Gasteiger partial charge < -0.3 is 29.2 Å². The summed E-state index contributed by atoms with van der Waals surface area (Å²) in [7, 11) is 0. The second-order valence-corrected chi connectivity index (χ2v) is 11.3. The van der Waals surface area contributed by atoms with Gasteiger partial charge in [0.1, 0.15) is 11.5 Å². The maximum Gasteiger partial charge on any atom is 0.430 e. The van der Waals surface area contributed by atoms with E-state index in [1.54, 1.807) is 42.5 Å². The Morgan fingerprint density at radius 2 is 0.980 bits per heavy atom. The van der Waals surface area contributed by atoms with Crippen LogP contribution in [0.25, 0.3) is 34.4 Å². The quantitative estimate of drug-likeness (QED) is 0.205. The second-order valence-electron chi connectivity index (χ2n) is 11.3. The highest BCUT2D eigenvalue weighted by Crippen LogP contribution is 2.42. The van der Waals surface area contributed by atoms with Gasteiger partial charge in [0.25, 0.3) is 0 Å². The fourth-order valence-corrected chi connectivity index (χ4v) is 5.42. The molecule has 14 heteroatoms. The van der Waals surface area contributed by atoms with Crippen molar-refractivity contribution in [3.8, 4) is 45.3 Å². The number of carbonyl (C=O) groups is 2. The number of rotatable bonds is 4. The molecule has 258 valence electrons. The van der Waals surface area contributed by atoms with Crippen LogP contribution in [0.4, 0.5) is 26.3 Å². The van der Waals surface area contributed by atoms with Crippen LogP contribution in [0.3, 0.4) is 0 Å². The van der Waals surface area contributed by atoms with Gasteiger partial charge in [-0.3, -0.25) is 0 Å². The summed E-state index contributed by atoms with van der Waals surface area (Å²) in [5.74, 6) is -2.17. The molecule has 4 aromatic carbocycles. The molecule has 2 unspecified atom stereocenters. The maximum atomic E-state index is 13.1. The van der Waals surface area contributed by atoms with Crippen LogP contribution in [-0.4, -0.2) is 53.5 Å². The lowest BCUT2D eigenvalue weighted by molar-refractivity contribution is -0.187. The Morgan fingerprint density at radius 1 is 0.580 bits per heavy atom. The van der Waals surface area contributed by atoms with E-state index in [1.165, 1.54) is 12.1 Å². The van der Waals surface area contributed by atoms with Crippen molar-refractivity contribution in [1.29, 1.82) is 0 Å². The van der Waals surface area contributed by atoms with Crippen molar-refractivity contribution in [2.75, 3.05) is 6.79 Å². The van der Waals surface area contributed by atoms with E-state index in [1.807, 2.05) is 31.2 Å². The minimum absolute atomic E-state index is 0.0122. The topological polar surface area (TPSA) is 112 Å². The van der Waals surface area contributed by atoms with Crippen molar-refractivity contribution in [3.05, 3.63) is 107 Å². The molecule has 3 aliphatic heterocycles. The van der Waals surface area contributed by atoms with Crippen LogP contribution in [0, 0.1) is 6.92 Å². The number of hydrogen-bond acceptors (Lipinski definition) is 6. The molecule has 50 heavy (non-hydrogen) atoms. The largest absolute Gasteiger partial charge is 0.478 e. The molecule has 0 amide bonds. The minimum Gasteiger partial charge on any atom is -0.478 e. The van der Waals surface area contributed by atoms with Gasteiger partial charge in [-0.25, -0.2) is 9.59 Å². The summed E-state index contributed by atoms with van der Waals surface area (Å²) in [6, 6.07) is 22.1. The molecular formula is C36H24F6O8. The van der Waals surface area contributed by atoms with E-state index in [9.17, 15) is 35.9 Å². The van der Waals surface area contributed by atoms with Crippen LogP contribution < -0.4 is 18.9 Å². The molecule has 7 rings (SSSR count). The van der Waals surface area contributed by atoms with Crippen LogP contribution in [0.15, 0.2) is 90.0 Å². The van der Waals surface area contributed by atoms with Crippen molar-refractivity contribution in [2.24, 2.45) is 0 Å². The number of carboxylic acids is 2. The lowest BCUT2D eigenvalue weighted by Gasteiger charge is -2.27. The lowest BCUT2D eigenvalue weighted by atomic mass is 9.97. The molecule has 0 aromatic heterocycles. The molecule has 0 saturated carbocycles. The molecule has 0 bridgehead atoms. The van der Waals surface area contributed by atoms with E-state index in [4.69, 9.17) is 29.2 Å². The highest BCUT2D eigenvalue weighted by Gasteiger charge is 2.49. The zero-order valence-electron chi connectivity index (χ0n) is 25.6. The number of fused-ring (bicyclic) bond motifs is 3. The number of aryl methyl sites for hydroxylation is 1. The SMILES string of the molecule is Cc1ccc(-c2ccc3c(c2)C=C(C(=O)O)C(C(F)(F)F)O3)cc1.O=C(O)C1=Cc2cc(-c3ccc4c(c3)OCO4)ccc2OC1C(F)(F)F. The van der Waals surface area contributed by atoms with Gasteiger partial charge in [0.05, 0.1) is 11.1 Å². The van der Waals surface area contributed by atoms with E-state index in [0.29, 0.717) is 22.6 Å². The predicted octanol–water partition coefficient (Wildman–Crippen LogP) is 8.33. The molecule has 3 aliphatic rings. The summed E-state index contributed by atoms with van der Waals surface area (Å²) in [6.45, 7) is 2.07. The normalized spacial score (nSPS) is 17.4. The van der Waals surface area contributed by atoms with Gasteiger partial charge in [-0.1, -0.05) is 48.0 Å². The van der Waals surface area contributed by atoms with Crippen molar-refractivity contribution in [1.82, 2.24) is 0 Å². The van der Waals surface area contributed by atoms with Gasteiger partial charge in [0.2, 0.25) is 19.0 Å². The molecule has 2 N–H and O–H groups in total. The first-order valence-corrected chi connectivity index (χ1v) is 14.7. The number of aliphatic carboxylic acids is 2. The van der Waals surface area contributed by atoms with E-state index >= 15 is 0 Å². The predicted molar refractivity (Wildman–Crippen MR) is 167 cm³/mol. The second kappa shape index (κ2) is 12.8. The van der Waals surface area contributed by atoms with E-state index in [2.05, 4.69) is 0 Å². The molecule has 4 aromatic rings. The maximum absolute atomic E-state index is 13.1. The number of halogens is 6. The summed E-state index contributed by atoms with van der Waals surface area (Å²) in [6.07, 6.45) is -12.6. The lowest BCUT2D eigenvalue weighted by Crippen LogP contribution is -2.40. The van der Waals surface area contributed by atoms with Gasteiger partial charge in [-0.05, 0) is 77.7 Å². The van der Waals surface area contributed by atoms with Crippen molar-refractivity contribution >= 4 is 24.1 Å². The average Bonchev–Trinajstić information content (AvgIpc) is 3.54. The summed E-state index contributed by atoms with van der Waals surface area (Å²) >= 11 is 0. The summed E-state index contributed by atoms with van der Waals surface area (Å²) < 4.78 is 98.6. The van der Waals surface area contributed by atoms with Crippen LogP contribution in [-0.2, 0) is 9.59 Å². The third kappa shape index (κ3) is 6.95. The highest BCUT2D eigenvalue weighted by atomic mass is 19.4. The van der Waals surface area contributed by atoms with Gasteiger partial charge in [-0.2, -0.15) is 26.3 Å². The Bertz CT molecular complexity index is 2050. The number of alkyl halides is 6. The Kier molecular flexibility index (Phi) is 8.72. The van der Waals surface area contributed by atoms with Gasteiger partial charge in [-0.15, -0.1) is 0 Å². The molecule has 0 fully saturated rings. The number of ether oxygens (including phenoxy) is 4. The molecule has 3 heterocycles. The highest BCUT2D eigenvalue weighted by molar-refractivity contribution is 5.96. The first-order valence-electron chi connectivity index (χ1n) is 14.7. The molecule has 8 nitrogen and oxygen atoms in total. The zero-order valence-corrected chi connectivity index (χ0v) is 25.6. The zero-order chi connectivity index (χ0) is 36.0. The Labute approximate surface area is 279 Å². The molecule has 0 spiro atoms. The van der Waals surface area contributed by atoms with Gasteiger partial charge >= 0.3 is 24.3 Å². The van der Waals surface area contributed by atoms with Crippen LogP contribution in [0.2, 0.25) is 0 Å². The fraction of sp³-hybridized carbons (Fsp3) is 0.167. The number of hydrogen-bond donors (Lipinski definition) is 2. The molecular weight excluding hydrogens is 674 g/mol. The van der Waals surface area contributed by atoms with E-state index in [-0.39, 0.29) is 23.9 Å². The van der Waals surface area contributed by atoms with Crippen LogP contribution >= 0.6 is 0 Å². The third-order valence-electron chi connectivity index (χ3n) is 7.88. The number of carboxylic acid groups (broad SMARTS) is 2. The Hall–Kier alpha value is -5.92. The first kappa shape index (κ1) is 34.0. The first-order chi connectivity index (χ1) is 23.6. The van der Waals surface area contributed by atoms with Crippen molar-refractivity contribution < 1.29 is 65.1 Å². The fourth-order valence-electron chi connectivity index (χ4n) is 5.42. The van der Waals surface area contributed by atoms with Crippen LogP contribution in [0.1, 0.15) is 16.7 Å². The molecule has 0 radical (unpaired) electrons. The van der Waals surface area contributed by atoms with Crippen molar-refractivity contribution in [3.63, 3.8) is 0 Å².